The second-order valence-electron chi connectivity index (χ2n) is 5.64. The maximum absolute atomic E-state index is 5.43. The molecule has 1 heterocycles. The molecular weight excluding hydrogens is 260 g/mol. The number of rotatable bonds is 4. The van der Waals surface area contributed by atoms with Gasteiger partial charge in [0.1, 0.15) is 5.75 Å². The molecule has 1 aliphatic rings. The van der Waals surface area contributed by atoms with Crippen molar-refractivity contribution in [2.45, 2.75) is 19.1 Å². The predicted molar refractivity (Wildman–Crippen MR) is 85.4 cm³/mol. The average molecular weight is 282 g/mol. The third-order valence-corrected chi connectivity index (χ3v) is 4.10. The Morgan fingerprint density at radius 2 is 1.90 bits per heavy atom. The predicted octanol–water partition coefficient (Wildman–Crippen LogP) is 2.97. The van der Waals surface area contributed by atoms with E-state index in [9.17, 15) is 0 Å². The van der Waals surface area contributed by atoms with E-state index in [4.69, 9.17) is 4.74 Å². The Morgan fingerprint density at radius 1 is 1.14 bits per heavy atom. The van der Waals surface area contributed by atoms with Gasteiger partial charge in [0.05, 0.1) is 7.11 Å². The number of hydrogen-bond acceptors (Lipinski definition) is 3. The van der Waals surface area contributed by atoms with E-state index in [1.165, 1.54) is 16.7 Å². The molecule has 0 bridgehead atoms. The van der Waals surface area contributed by atoms with E-state index in [0.717, 1.165) is 25.4 Å². The van der Waals surface area contributed by atoms with Crippen molar-refractivity contribution >= 4 is 0 Å². The SMILES string of the molecule is COc1ccccc1CNC1CN(C)Cc2ccccc21. The molecule has 110 valence electrons. The third-order valence-electron chi connectivity index (χ3n) is 4.10. The molecule has 21 heavy (non-hydrogen) atoms. The maximum Gasteiger partial charge on any atom is 0.123 e. The number of nitrogens with one attached hydrogen (secondary N) is 1. The smallest absolute Gasteiger partial charge is 0.123 e. The molecule has 1 aliphatic heterocycles. The van der Waals surface area contributed by atoms with Crippen molar-refractivity contribution < 1.29 is 4.74 Å². The van der Waals surface area contributed by atoms with Gasteiger partial charge in [-0.15, -0.1) is 0 Å². The van der Waals surface area contributed by atoms with Crippen molar-refractivity contribution in [2.24, 2.45) is 0 Å². The molecule has 3 nitrogen and oxygen atoms in total. The molecule has 1 N–H and O–H groups in total. The molecule has 2 aromatic rings. The van der Waals surface area contributed by atoms with E-state index >= 15 is 0 Å². The van der Waals surface area contributed by atoms with Gasteiger partial charge < -0.3 is 15.0 Å². The van der Waals surface area contributed by atoms with Gasteiger partial charge in [-0.2, -0.15) is 0 Å². The van der Waals surface area contributed by atoms with E-state index in [1.54, 1.807) is 7.11 Å². The number of ether oxygens (including phenoxy) is 1. The fourth-order valence-corrected chi connectivity index (χ4v) is 3.04. The van der Waals surface area contributed by atoms with Crippen molar-refractivity contribution in [1.82, 2.24) is 10.2 Å². The lowest BCUT2D eigenvalue weighted by atomic mass is 9.95. The highest BCUT2D eigenvalue weighted by atomic mass is 16.5. The first-order valence-electron chi connectivity index (χ1n) is 7.39. The summed E-state index contributed by atoms with van der Waals surface area (Å²) >= 11 is 0. The van der Waals surface area contributed by atoms with Gasteiger partial charge in [-0.05, 0) is 24.2 Å². The van der Waals surface area contributed by atoms with Crippen LogP contribution in [0.5, 0.6) is 5.75 Å². The Kier molecular flexibility index (Phi) is 4.23. The summed E-state index contributed by atoms with van der Waals surface area (Å²) in [6.07, 6.45) is 0. The second kappa shape index (κ2) is 6.29. The fraction of sp³-hybridized carbons (Fsp3) is 0.333. The van der Waals surface area contributed by atoms with Crippen molar-refractivity contribution in [3.05, 3.63) is 65.2 Å². The van der Waals surface area contributed by atoms with Crippen LogP contribution in [-0.4, -0.2) is 25.6 Å². The van der Waals surface area contributed by atoms with Gasteiger partial charge >= 0.3 is 0 Å². The minimum Gasteiger partial charge on any atom is -0.496 e. The Labute approximate surface area is 126 Å². The molecule has 0 fully saturated rings. The first kappa shape index (κ1) is 14.1. The molecular formula is C18H22N2O. The van der Waals surface area contributed by atoms with E-state index < -0.39 is 0 Å². The van der Waals surface area contributed by atoms with E-state index in [0.29, 0.717) is 6.04 Å². The number of nitrogens with zero attached hydrogens (tertiary/aromatic N) is 1. The number of likely N-dealkylation sites (N-methyl/N-ethyl adjacent to an activating group) is 1. The number of fused-ring (bicyclic) bond motifs is 1. The first-order chi connectivity index (χ1) is 10.3. The quantitative estimate of drug-likeness (QED) is 0.933. The van der Waals surface area contributed by atoms with E-state index in [2.05, 4.69) is 53.7 Å². The Morgan fingerprint density at radius 3 is 2.76 bits per heavy atom. The van der Waals surface area contributed by atoms with Gasteiger partial charge in [-0.3, -0.25) is 0 Å². The van der Waals surface area contributed by atoms with Gasteiger partial charge in [0.15, 0.2) is 0 Å². The minimum atomic E-state index is 0.366. The summed E-state index contributed by atoms with van der Waals surface area (Å²) in [5.41, 5.74) is 4.04. The summed E-state index contributed by atoms with van der Waals surface area (Å²) in [5.74, 6) is 0.947. The molecule has 1 unspecified atom stereocenters. The molecule has 2 aromatic carbocycles. The molecule has 0 aromatic heterocycles. The summed E-state index contributed by atoms with van der Waals surface area (Å²) < 4.78 is 5.43. The zero-order valence-electron chi connectivity index (χ0n) is 12.7. The second-order valence-corrected chi connectivity index (χ2v) is 5.64. The molecule has 3 heteroatoms. The van der Waals surface area contributed by atoms with Crippen LogP contribution in [-0.2, 0) is 13.1 Å². The number of benzene rings is 2. The Bertz CT molecular complexity index is 612. The Balaban J connectivity index is 1.76. The molecule has 0 saturated heterocycles. The summed E-state index contributed by atoms with van der Waals surface area (Å²) in [7, 11) is 3.90. The number of methoxy groups -OCH3 is 1. The van der Waals surface area contributed by atoms with Gasteiger partial charge in [0.25, 0.3) is 0 Å². The molecule has 1 atom stereocenters. The highest BCUT2D eigenvalue weighted by molar-refractivity contribution is 5.35. The van der Waals surface area contributed by atoms with E-state index in [1.807, 2.05) is 12.1 Å². The fourth-order valence-electron chi connectivity index (χ4n) is 3.04. The van der Waals surface area contributed by atoms with Crippen LogP contribution in [0.25, 0.3) is 0 Å². The molecule has 0 amide bonds. The van der Waals surface area contributed by atoms with Gasteiger partial charge in [0.2, 0.25) is 0 Å². The van der Waals surface area contributed by atoms with E-state index in [-0.39, 0.29) is 0 Å². The van der Waals surface area contributed by atoms with Crippen LogP contribution in [0.2, 0.25) is 0 Å². The zero-order valence-corrected chi connectivity index (χ0v) is 12.7. The maximum atomic E-state index is 5.43. The van der Waals surface area contributed by atoms with Crippen LogP contribution in [0.15, 0.2) is 48.5 Å². The molecule has 0 aliphatic carbocycles. The summed E-state index contributed by atoms with van der Waals surface area (Å²) in [6, 6.07) is 17.3. The monoisotopic (exact) mass is 282 g/mol. The number of hydrogen-bond donors (Lipinski definition) is 1. The van der Waals surface area contributed by atoms with Crippen LogP contribution >= 0.6 is 0 Å². The normalized spacial score (nSPS) is 18.3. The van der Waals surface area contributed by atoms with Crippen molar-refractivity contribution in [3.8, 4) is 5.75 Å². The van der Waals surface area contributed by atoms with Crippen LogP contribution in [0.1, 0.15) is 22.7 Å². The van der Waals surface area contributed by atoms with Crippen molar-refractivity contribution in [2.75, 3.05) is 20.7 Å². The lowest BCUT2D eigenvalue weighted by Gasteiger charge is -2.33. The summed E-state index contributed by atoms with van der Waals surface area (Å²) in [5, 5.41) is 3.68. The largest absolute Gasteiger partial charge is 0.496 e. The van der Waals surface area contributed by atoms with Crippen molar-refractivity contribution in [1.29, 1.82) is 0 Å². The molecule has 0 saturated carbocycles. The van der Waals surface area contributed by atoms with Crippen LogP contribution in [0.4, 0.5) is 0 Å². The topological polar surface area (TPSA) is 24.5 Å². The van der Waals surface area contributed by atoms with Gasteiger partial charge in [0, 0.05) is 31.2 Å². The third kappa shape index (κ3) is 3.09. The van der Waals surface area contributed by atoms with Crippen molar-refractivity contribution in [3.63, 3.8) is 0 Å². The van der Waals surface area contributed by atoms with Gasteiger partial charge in [-0.25, -0.2) is 0 Å². The summed E-state index contributed by atoms with van der Waals surface area (Å²) in [4.78, 5) is 2.36. The number of para-hydroxylation sites is 1. The lowest BCUT2D eigenvalue weighted by molar-refractivity contribution is 0.259. The molecule has 0 radical (unpaired) electrons. The minimum absolute atomic E-state index is 0.366. The molecule has 0 spiro atoms. The highest BCUT2D eigenvalue weighted by Crippen LogP contribution is 2.26. The standard InChI is InChI=1S/C18H22N2O/c1-20-12-15-8-3-5-9-16(15)17(13-20)19-11-14-7-4-6-10-18(14)21-2/h3-10,17,19H,11-13H2,1-2H3. The van der Waals surface area contributed by atoms with Crippen LogP contribution < -0.4 is 10.1 Å². The first-order valence-corrected chi connectivity index (χ1v) is 7.39. The van der Waals surface area contributed by atoms with Gasteiger partial charge in [-0.1, -0.05) is 42.5 Å². The average Bonchev–Trinajstić information content (AvgIpc) is 2.52. The highest BCUT2D eigenvalue weighted by Gasteiger charge is 2.22. The van der Waals surface area contributed by atoms with Crippen LogP contribution in [0.3, 0.4) is 0 Å². The summed E-state index contributed by atoms with van der Waals surface area (Å²) in [6.45, 7) is 2.88. The Hall–Kier alpha value is -1.84. The zero-order chi connectivity index (χ0) is 14.7. The van der Waals surface area contributed by atoms with Crippen LogP contribution in [0, 0.1) is 0 Å². The lowest BCUT2D eigenvalue weighted by Crippen LogP contribution is -2.37. The molecule has 3 rings (SSSR count).